The van der Waals surface area contributed by atoms with Crippen LogP contribution < -0.4 is 5.32 Å². The quantitative estimate of drug-likeness (QED) is 0.842. The molecular formula is C13H20N2O3S. The maximum atomic E-state index is 11.7. The van der Waals surface area contributed by atoms with Gasteiger partial charge >= 0.3 is 5.97 Å². The molecule has 0 bridgehead atoms. The predicted molar refractivity (Wildman–Crippen MR) is 74.9 cm³/mol. The summed E-state index contributed by atoms with van der Waals surface area (Å²) < 4.78 is 10.4. The van der Waals surface area contributed by atoms with E-state index in [4.69, 9.17) is 9.47 Å². The largest absolute Gasteiger partial charge is 0.461 e. The number of aryl methyl sites for hydroxylation is 1. The second-order valence-electron chi connectivity index (χ2n) is 4.60. The van der Waals surface area contributed by atoms with Crippen molar-refractivity contribution in [2.45, 2.75) is 45.3 Å². The summed E-state index contributed by atoms with van der Waals surface area (Å²) >= 11 is 1.49. The fourth-order valence-electron chi connectivity index (χ4n) is 2.38. The van der Waals surface area contributed by atoms with Gasteiger partial charge in [0.2, 0.25) is 0 Å². The lowest BCUT2D eigenvalue weighted by Gasteiger charge is -2.18. The van der Waals surface area contributed by atoms with Crippen LogP contribution >= 0.6 is 11.3 Å². The number of carbonyl (C=O) groups is 1. The van der Waals surface area contributed by atoms with E-state index in [1.165, 1.54) is 11.3 Å². The van der Waals surface area contributed by atoms with Crippen molar-refractivity contribution in [2.75, 3.05) is 19.0 Å². The van der Waals surface area contributed by atoms with Crippen molar-refractivity contribution in [1.82, 2.24) is 4.98 Å². The molecule has 2 unspecified atom stereocenters. The lowest BCUT2D eigenvalue weighted by atomic mass is 10.2. The van der Waals surface area contributed by atoms with Gasteiger partial charge < -0.3 is 14.8 Å². The Balaban J connectivity index is 2.05. The van der Waals surface area contributed by atoms with E-state index < -0.39 is 0 Å². The molecule has 6 heteroatoms. The minimum atomic E-state index is -0.348. The molecule has 1 aliphatic carbocycles. The molecule has 0 radical (unpaired) electrons. The summed E-state index contributed by atoms with van der Waals surface area (Å²) in [6, 6.07) is 0.283. The molecule has 1 heterocycles. The maximum absolute atomic E-state index is 11.7. The zero-order chi connectivity index (χ0) is 13.8. The first-order chi connectivity index (χ1) is 9.15. The zero-order valence-electron chi connectivity index (χ0n) is 11.6. The molecular weight excluding hydrogens is 264 g/mol. The third-order valence-electron chi connectivity index (χ3n) is 3.33. The van der Waals surface area contributed by atoms with E-state index in [0.29, 0.717) is 12.3 Å². The molecule has 1 aliphatic rings. The fourth-order valence-corrected chi connectivity index (χ4v) is 3.24. The van der Waals surface area contributed by atoms with E-state index in [-0.39, 0.29) is 18.1 Å². The lowest BCUT2D eigenvalue weighted by Crippen LogP contribution is -2.29. The van der Waals surface area contributed by atoms with E-state index in [9.17, 15) is 4.79 Å². The fraction of sp³-hybridized carbons (Fsp3) is 0.692. The van der Waals surface area contributed by atoms with Crippen LogP contribution in [0.4, 0.5) is 5.13 Å². The molecule has 1 N–H and O–H groups in total. The van der Waals surface area contributed by atoms with Crippen molar-refractivity contribution in [2.24, 2.45) is 0 Å². The number of hydrogen-bond donors (Lipinski definition) is 1. The van der Waals surface area contributed by atoms with Crippen LogP contribution in [0.2, 0.25) is 0 Å². The van der Waals surface area contributed by atoms with Gasteiger partial charge in [-0.25, -0.2) is 9.78 Å². The molecule has 19 heavy (non-hydrogen) atoms. The number of nitrogens with zero attached hydrogens (tertiary/aromatic N) is 1. The van der Waals surface area contributed by atoms with Crippen molar-refractivity contribution in [1.29, 1.82) is 0 Å². The van der Waals surface area contributed by atoms with Gasteiger partial charge in [-0.2, -0.15) is 0 Å². The van der Waals surface area contributed by atoms with E-state index in [1.807, 2.05) is 6.92 Å². The molecule has 0 spiro atoms. The number of nitrogens with one attached hydrogen (secondary N) is 1. The third-order valence-corrected chi connectivity index (χ3v) is 4.23. The van der Waals surface area contributed by atoms with Gasteiger partial charge in [-0.1, -0.05) is 0 Å². The first-order valence-corrected chi connectivity index (χ1v) is 7.41. The van der Waals surface area contributed by atoms with E-state index >= 15 is 0 Å². The third kappa shape index (κ3) is 3.25. The Labute approximate surface area is 117 Å². The number of methoxy groups -OCH3 is 1. The molecule has 2 atom stereocenters. The van der Waals surface area contributed by atoms with Crippen LogP contribution in [0, 0.1) is 6.92 Å². The van der Waals surface area contributed by atoms with Crippen LogP contribution in [0.5, 0.6) is 0 Å². The van der Waals surface area contributed by atoms with Gasteiger partial charge in [0.1, 0.15) is 0 Å². The predicted octanol–water partition coefficient (Wildman–Crippen LogP) is 2.61. The summed E-state index contributed by atoms with van der Waals surface area (Å²) in [7, 11) is 1.74. The van der Waals surface area contributed by atoms with Crippen LogP contribution in [-0.4, -0.2) is 36.8 Å². The highest BCUT2D eigenvalue weighted by molar-refractivity contribution is 7.15. The summed E-state index contributed by atoms with van der Waals surface area (Å²) in [4.78, 5) is 16.9. The van der Waals surface area contributed by atoms with Crippen molar-refractivity contribution in [3.8, 4) is 0 Å². The number of ether oxygens (including phenoxy) is 2. The van der Waals surface area contributed by atoms with Gasteiger partial charge in [-0.05, 0) is 33.1 Å². The summed E-state index contributed by atoms with van der Waals surface area (Å²) in [6.07, 6.45) is 3.54. The number of rotatable bonds is 5. The lowest BCUT2D eigenvalue weighted by molar-refractivity contribution is 0.0519. The number of hydrogen-bond acceptors (Lipinski definition) is 6. The van der Waals surface area contributed by atoms with Crippen molar-refractivity contribution >= 4 is 22.4 Å². The SMILES string of the molecule is CCOC(=O)c1nc(NC2CCCC2OC)sc1C. The molecule has 2 rings (SSSR count). The molecule has 1 saturated carbocycles. The Kier molecular flexibility index (Phi) is 4.76. The molecule has 0 aromatic carbocycles. The Morgan fingerprint density at radius 1 is 1.53 bits per heavy atom. The monoisotopic (exact) mass is 284 g/mol. The number of anilines is 1. The van der Waals surface area contributed by atoms with Crippen LogP contribution in [0.1, 0.15) is 41.6 Å². The Morgan fingerprint density at radius 2 is 2.32 bits per heavy atom. The summed E-state index contributed by atoms with van der Waals surface area (Å²) in [5, 5.41) is 4.15. The molecule has 1 aromatic heterocycles. The number of carbonyl (C=O) groups excluding carboxylic acids is 1. The Morgan fingerprint density at radius 3 is 3.00 bits per heavy atom. The van der Waals surface area contributed by atoms with Gasteiger partial charge in [0.25, 0.3) is 0 Å². The van der Waals surface area contributed by atoms with Crippen LogP contribution in [0.3, 0.4) is 0 Å². The molecule has 5 nitrogen and oxygen atoms in total. The first-order valence-electron chi connectivity index (χ1n) is 6.59. The molecule has 0 amide bonds. The summed E-state index contributed by atoms with van der Waals surface area (Å²) in [6.45, 7) is 4.05. The van der Waals surface area contributed by atoms with Gasteiger partial charge in [0, 0.05) is 12.0 Å². The normalized spacial score (nSPS) is 22.5. The van der Waals surface area contributed by atoms with Crippen LogP contribution in [0.25, 0.3) is 0 Å². The minimum absolute atomic E-state index is 0.232. The van der Waals surface area contributed by atoms with Gasteiger partial charge in [-0.3, -0.25) is 0 Å². The average Bonchev–Trinajstić information content (AvgIpc) is 2.96. The summed E-state index contributed by atoms with van der Waals surface area (Å²) in [5.41, 5.74) is 0.418. The molecule has 106 valence electrons. The van der Waals surface area contributed by atoms with Crippen LogP contribution in [-0.2, 0) is 9.47 Å². The highest BCUT2D eigenvalue weighted by Gasteiger charge is 2.28. The van der Waals surface area contributed by atoms with Crippen LogP contribution in [0.15, 0.2) is 0 Å². The zero-order valence-corrected chi connectivity index (χ0v) is 12.4. The number of aromatic nitrogens is 1. The van der Waals surface area contributed by atoms with Gasteiger partial charge in [-0.15, -0.1) is 11.3 Å². The minimum Gasteiger partial charge on any atom is -0.461 e. The van der Waals surface area contributed by atoms with E-state index in [1.54, 1.807) is 14.0 Å². The first kappa shape index (κ1) is 14.3. The molecule has 0 aliphatic heterocycles. The Hall–Kier alpha value is -1.14. The standard InChI is InChI=1S/C13H20N2O3S/c1-4-18-12(16)11-8(2)19-13(15-11)14-9-6-5-7-10(9)17-3/h9-10H,4-7H2,1-3H3,(H,14,15). The highest BCUT2D eigenvalue weighted by atomic mass is 32.1. The second kappa shape index (κ2) is 6.34. The smallest absolute Gasteiger partial charge is 0.358 e. The number of thiazole rings is 1. The average molecular weight is 284 g/mol. The molecule has 0 saturated heterocycles. The van der Waals surface area contributed by atoms with E-state index in [0.717, 1.165) is 29.3 Å². The van der Waals surface area contributed by atoms with Crippen molar-refractivity contribution in [3.63, 3.8) is 0 Å². The van der Waals surface area contributed by atoms with Crippen molar-refractivity contribution in [3.05, 3.63) is 10.6 Å². The molecule has 1 aromatic rings. The number of esters is 1. The topological polar surface area (TPSA) is 60.5 Å². The Bertz CT molecular complexity index is 447. The van der Waals surface area contributed by atoms with Gasteiger partial charge in [0.05, 0.1) is 18.8 Å². The van der Waals surface area contributed by atoms with E-state index in [2.05, 4.69) is 10.3 Å². The second-order valence-corrected chi connectivity index (χ2v) is 5.80. The molecule has 1 fully saturated rings. The van der Waals surface area contributed by atoms with Crippen molar-refractivity contribution < 1.29 is 14.3 Å². The van der Waals surface area contributed by atoms with Gasteiger partial charge in [0.15, 0.2) is 10.8 Å². The maximum Gasteiger partial charge on any atom is 0.358 e. The highest BCUT2D eigenvalue weighted by Crippen LogP contribution is 2.28. The summed E-state index contributed by atoms with van der Waals surface area (Å²) in [5.74, 6) is -0.348.